The molecule has 1 aromatic carbocycles. The molecule has 0 aliphatic heterocycles. The highest BCUT2D eigenvalue weighted by atomic mass is 79.9. The molecule has 2 aromatic rings. The molecule has 0 saturated carbocycles. The highest BCUT2D eigenvalue weighted by molar-refractivity contribution is 9.10. The van der Waals surface area contributed by atoms with Gasteiger partial charge in [-0.2, -0.15) is 4.98 Å². The number of nitrogen functional groups attached to an aromatic ring is 1. The minimum atomic E-state index is -4.83. The first-order valence-electron chi connectivity index (χ1n) is 5.35. The van der Waals surface area contributed by atoms with Crippen molar-refractivity contribution in [2.24, 2.45) is 0 Å². The minimum Gasteiger partial charge on any atom is -0.404 e. The lowest BCUT2D eigenvalue weighted by atomic mass is 10.3. The van der Waals surface area contributed by atoms with E-state index in [9.17, 15) is 13.2 Å². The first kappa shape index (κ1) is 15.6. The quantitative estimate of drug-likeness (QED) is 0.780. The molecule has 0 bridgehead atoms. The van der Waals surface area contributed by atoms with Crippen molar-refractivity contribution in [2.45, 2.75) is 6.36 Å². The van der Waals surface area contributed by atoms with Gasteiger partial charge in [0.15, 0.2) is 11.6 Å². The molecule has 1 aromatic heterocycles. The van der Waals surface area contributed by atoms with Gasteiger partial charge < -0.3 is 15.8 Å². The number of hydrogen-bond acceptors (Lipinski definition) is 5. The molecule has 0 radical (unpaired) electrons. The topological polar surface area (TPSA) is 73.1 Å². The van der Waals surface area contributed by atoms with Gasteiger partial charge >= 0.3 is 6.36 Å². The zero-order valence-corrected chi connectivity index (χ0v) is 12.4. The number of halogens is 5. The smallest absolute Gasteiger partial charge is 0.404 e. The van der Waals surface area contributed by atoms with Crippen molar-refractivity contribution in [1.82, 2.24) is 9.97 Å². The molecule has 0 unspecified atom stereocenters. The van der Waals surface area contributed by atoms with Crippen LogP contribution in [0, 0.1) is 0 Å². The Morgan fingerprint density at radius 2 is 2.05 bits per heavy atom. The summed E-state index contributed by atoms with van der Waals surface area (Å²) in [5, 5.41) is 2.53. The monoisotopic (exact) mass is 382 g/mol. The predicted octanol–water partition coefficient (Wildman–Crippen LogP) is 4.12. The molecule has 0 aliphatic rings. The van der Waals surface area contributed by atoms with Crippen LogP contribution in [0.25, 0.3) is 0 Å². The van der Waals surface area contributed by atoms with E-state index in [1.807, 2.05) is 0 Å². The van der Waals surface area contributed by atoms with Crippen molar-refractivity contribution < 1.29 is 17.9 Å². The Balaban J connectivity index is 2.37. The third-order valence-corrected chi connectivity index (χ3v) is 2.89. The van der Waals surface area contributed by atoms with Crippen molar-refractivity contribution in [2.75, 3.05) is 11.1 Å². The molecule has 0 atom stereocenters. The third-order valence-electron chi connectivity index (χ3n) is 2.21. The van der Waals surface area contributed by atoms with Crippen LogP contribution in [0.15, 0.2) is 28.9 Å². The summed E-state index contributed by atoms with van der Waals surface area (Å²) in [6, 6.07) is 4.07. The first-order chi connectivity index (χ1) is 9.74. The Bertz CT molecular complexity index is 668. The van der Waals surface area contributed by atoms with E-state index in [4.69, 9.17) is 17.3 Å². The van der Waals surface area contributed by atoms with E-state index in [1.165, 1.54) is 18.3 Å². The summed E-state index contributed by atoms with van der Waals surface area (Å²) in [6.07, 6.45) is -3.59. The Morgan fingerprint density at radius 1 is 1.33 bits per heavy atom. The number of benzene rings is 1. The van der Waals surface area contributed by atoms with E-state index < -0.39 is 12.1 Å². The lowest BCUT2D eigenvalue weighted by Crippen LogP contribution is -2.18. The number of aromatic nitrogens is 2. The Morgan fingerprint density at radius 3 is 2.71 bits per heavy atom. The van der Waals surface area contributed by atoms with Crippen LogP contribution in [-0.2, 0) is 0 Å². The lowest BCUT2D eigenvalue weighted by molar-refractivity contribution is -0.274. The number of hydrogen-bond donors (Lipinski definition) is 2. The van der Waals surface area contributed by atoms with Gasteiger partial charge in [0.1, 0.15) is 0 Å². The summed E-state index contributed by atoms with van der Waals surface area (Å²) in [5.41, 5.74) is 5.78. The highest BCUT2D eigenvalue weighted by Crippen LogP contribution is 2.35. The second-order valence-corrected chi connectivity index (χ2v) is 5.01. The maximum atomic E-state index is 12.4. The maximum Gasteiger partial charge on any atom is 0.573 e. The average molecular weight is 384 g/mol. The van der Waals surface area contributed by atoms with Gasteiger partial charge in [-0.1, -0.05) is 15.9 Å². The largest absolute Gasteiger partial charge is 0.573 e. The molecular formula is C11H7BrClF3N4O. The standard InChI is InChI=1S/C11H7BrClF3N4O/c12-5-1-2-7(8(3-5)21-11(14,15)16)19-9-6(17)4-18-10(13)20-9/h1-4H,17H2,(H,18,19,20). The number of nitrogens with one attached hydrogen (secondary N) is 1. The molecule has 112 valence electrons. The van der Waals surface area contributed by atoms with Crippen LogP contribution in [0.5, 0.6) is 5.75 Å². The van der Waals surface area contributed by atoms with Crippen LogP contribution in [0.1, 0.15) is 0 Å². The Hall–Kier alpha value is -1.74. The Labute approximate surface area is 130 Å². The zero-order valence-electron chi connectivity index (χ0n) is 10.1. The number of nitrogens with two attached hydrogens (primary N) is 1. The fraction of sp³-hybridized carbons (Fsp3) is 0.0909. The van der Waals surface area contributed by atoms with E-state index in [2.05, 4.69) is 36.0 Å². The minimum absolute atomic E-state index is 0.0250. The fourth-order valence-electron chi connectivity index (χ4n) is 1.41. The van der Waals surface area contributed by atoms with E-state index in [0.717, 1.165) is 6.07 Å². The van der Waals surface area contributed by atoms with Gasteiger partial charge in [-0.3, -0.25) is 0 Å². The lowest BCUT2D eigenvalue weighted by Gasteiger charge is -2.15. The molecule has 0 amide bonds. The maximum absolute atomic E-state index is 12.4. The molecule has 0 spiro atoms. The van der Waals surface area contributed by atoms with Crippen molar-refractivity contribution in [3.8, 4) is 5.75 Å². The van der Waals surface area contributed by atoms with E-state index >= 15 is 0 Å². The van der Waals surface area contributed by atoms with Crippen LogP contribution in [0.2, 0.25) is 5.28 Å². The molecule has 2 rings (SSSR count). The van der Waals surface area contributed by atoms with E-state index in [0.29, 0.717) is 4.47 Å². The molecule has 0 aliphatic carbocycles. The number of anilines is 3. The summed E-state index contributed by atoms with van der Waals surface area (Å²) in [7, 11) is 0. The van der Waals surface area contributed by atoms with Gasteiger partial charge in [0.2, 0.25) is 5.28 Å². The molecule has 21 heavy (non-hydrogen) atoms. The zero-order chi connectivity index (χ0) is 15.6. The first-order valence-corrected chi connectivity index (χ1v) is 6.52. The fourth-order valence-corrected chi connectivity index (χ4v) is 1.88. The molecule has 0 saturated heterocycles. The molecule has 1 heterocycles. The summed E-state index contributed by atoms with van der Waals surface area (Å²) < 4.78 is 41.6. The predicted molar refractivity (Wildman–Crippen MR) is 75.6 cm³/mol. The van der Waals surface area contributed by atoms with Gasteiger partial charge in [0, 0.05) is 4.47 Å². The number of rotatable bonds is 3. The van der Waals surface area contributed by atoms with E-state index in [1.54, 1.807) is 0 Å². The van der Waals surface area contributed by atoms with Crippen molar-refractivity contribution in [3.63, 3.8) is 0 Å². The summed E-state index contributed by atoms with van der Waals surface area (Å²) in [5.74, 6) is -0.365. The second kappa shape index (κ2) is 5.94. The van der Waals surface area contributed by atoms with Crippen LogP contribution in [0.3, 0.4) is 0 Å². The normalized spacial score (nSPS) is 11.3. The second-order valence-electron chi connectivity index (χ2n) is 3.76. The van der Waals surface area contributed by atoms with Crippen LogP contribution in [0.4, 0.5) is 30.4 Å². The molecular weight excluding hydrogens is 376 g/mol. The van der Waals surface area contributed by atoms with Gasteiger partial charge in [-0.15, -0.1) is 13.2 Å². The van der Waals surface area contributed by atoms with Crippen molar-refractivity contribution >= 4 is 44.7 Å². The third kappa shape index (κ3) is 4.36. The number of alkyl halides is 3. The Kier molecular flexibility index (Phi) is 4.43. The van der Waals surface area contributed by atoms with Crippen LogP contribution < -0.4 is 15.8 Å². The van der Waals surface area contributed by atoms with E-state index in [-0.39, 0.29) is 22.5 Å². The van der Waals surface area contributed by atoms with Crippen LogP contribution in [-0.4, -0.2) is 16.3 Å². The van der Waals surface area contributed by atoms with Gasteiger partial charge in [-0.05, 0) is 29.8 Å². The molecule has 5 nitrogen and oxygen atoms in total. The van der Waals surface area contributed by atoms with Gasteiger partial charge in [0.05, 0.1) is 17.6 Å². The summed E-state index contributed by atoms with van der Waals surface area (Å²) in [6.45, 7) is 0. The van der Waals surface area contributed by atoms with Gasteiger partial charge in [0.25, 0.3) is 0 Å². The molecule has 10 heteroatoms. The SMILES string of the molecule is Nc1cnc(Cl)nc1Nc1ccc(Br)cc1OC(F)(F)F. The average Bonchev–Trinajstić information content (AvgIpc) is 2.35. The van der Waals surface area contributed by atoms with Crippen molar-refractivity contribution in [3.05, 3.63) is 34.2 Å². The number of nitrogens with zero attached hydrogens (tertiary/aromatic N) is 2. The summed E-state index contributed by atoms with van der Waals surface area (Å²) >= 11 is 8.69. The van der Waals surface area contributed by atoms with Gasteiger partial charge in [-0.25, -0.2) is 4.98 Å². The summed E-state index contributed by atoms with van der Waals surface area (Å²) in [4.78, 5) is 7.45. The molecule has 0 fully saturated rings. The van der Waals surface area contributed by atoms with Crippen molar-refractivity contribution in [1.29, 1.82) is 0 Å². The molecule has 3 N–H and O–H groups in total. The van der Waals surface area contributed by atoms with Crippen LogP contribution >= 0.6 is 27.5 Å². The highest BCUT2D eigenvalue weighted by Gasteiger charge is 2.32. The number of ether oxygens (including phenoxy) is 1.